The van der Waals surface area contributed by atoms with Crippen LogP contribution in [0, 0.1) is 5.92 Å². The number of halogens is 1. The van der Waals surface area contributed by atoms with E-state index < -0.39 is 5.97 Å². The Morgan fingerprint density at radius 2 is 2.36 bits per heavy atom. The van der Waals surface area contributed by atoms with E-state index in [1.807, 2.05) is 6.92 Å². The molecule has 4 heteroatoms. The van der Waals surface area contributed by atoms with Gasteiger partial charge in [0.15, 0.2) is 0 Å². The van der Waals surface area contributed by atoms with Gasteiger partial charge < -0.3 is 10.0 Å². The summed E-state index contributed by atoms with van der Waals surface area (Å²) in [4.78, 5) is 12.9. The van der Waals surface area contributed by atoms with Crippen molar-refractivity contribution in [2.24, 2.45) is 5.92 Å². The summed E-state index contributed by atoms with van der Waals surface area (Å²) in [5.74, 6) is -0.895. The molecule has 1 heterocycles. The summed E-state index contributed by atoms with van der Waals surface area (Å²) < 4.78 is 12.0. The van der Waals surface area contributed by atoms with E-state index in [4.69, 9.17) is 5.11 Å². The summed E-state index contributed by atoms with van der Waals surface area (Å²) in [6.07, 6.45) is 1.95. The number of hydrogen-bond donors (Lipinski definition) is 1. The van der Waals surface area contributed by atoms with Crippen LogP contribution in [0.3, 0.4) is 0 Å². The first-order valence-corrected chi connectivity index (χ1v) is 5.18. The second kappa shape index (κ2) is 5.29. The Morgan fingerprint density at radius 1 is 1.64 bits per heavy atom. The summed E-state index contributed by atoms with van der Waals surface area (Å²) in [6.45, 7) is 3.28. The van der Waals surface area contributed by atoms with Crippen molar-refractivity contribution < 1.29 is 14.3 Å². The van der Waals surface area contributed by atoms with Gasteiger partial charge in [-0.25, -0.2) is 0 Å². The molecule has 1 aliphatic heterocycles. The molecular weight excluding hydrogens is 185 g/mol. The highest BCUT2D eigenvalue weighted by Gasteiger charge is 2.28. The molecule has 1 fully saturated rings. The number of carbonyl (C=O) groups is 1. The number of piperidine rings is 1. The fraction of sp³-hybridized carbons (Fsp3) is 0.900. The van der Waals surface area contributed by atoms with E-state index in [9.17, 15) is 9.18 Å². The van der Waals surface area contributed by atoms with Crippen molar-refractivity contribution in [1.82, 2.24) is 4.90 Å². The minimum absolute atomic E-state index is 0.202. The number of carboxylic acid groups (broad SMARTS) is 1. The lowest BCUT2D eigenvalue weighted by molar-refractivity contribution is -0.144. The maximum Gasteiger partial charge on any atom is 0.306 e. The fourth-order valence-corrected chi connectivity index (χ4v) is 2.04. The van der Waals surface area contributed by atoms with E-state index in [0.29, 0.717) is 19.3 Å². The minimum Gasteiger partial charge on any atom is -0.481 e. The van der Waals surface area contributed by atoms with Crippen molar-refractivity contribution in [3.63, 3.8) is 0 Å². The van der Waals surface area contributed by atoms with Crippen molar-refractivity contribution in [3.05, 3.63) is 0 Å². The summed E-state index contributed by atoms with van der Waals surface area (Å²) in [7, 11) is 0. The molecule has 0 bridgehead atoms. The molecule has 0 aromatic heterocycles. The van der Waals surface area contributed by atoms with E-state index in [0.717, 1.165) is 13.1 Å². The van der Waals surface area contributed by atoms with Crippen molar-refractivity contribution in [1.29, 1.82) is 0 Å². The van der Waals surface area contributed by atoms with Crippen LogP contribution in [0.2, 0.25) is 0 Å². The van der Waals surface area contributed by atoms with Crippen LogP contribution in [-0.2, 0) is 4.79 Å². The standard InChI is InChI=1S/C10H18FNO2/c1-8-7-9(10(13)14)3-6-12(8)5-2-4-11/h8-9H,2-7H2,1H3,(H,13,14). The molecule has 0 saturated carbocycles. The largest absolute Gasteiger partial charge is 0.481 e. The molecule has 0 aliphatic carbocycles. The third-order valence-corrected chi connectivity index (χ3v) is 2.94. The van der Waals surface area contributed by atoms with Crippen molar-refractivity contribution in [2.45, 2.75) is 32.2 Å². The van der Waals surface area contributed by atoms with Crippen LogP contribution in [0.15, 0.2) is 0 Å². The van der Waals surface area contributed by atoms with E-state index in [1.165, 1.54) is 0 Å². The summed E-state index contributed by atoms with van der Waals surface area (Å²) in [5, 5.41) is 8.84. The van der Waals surface area contributed by atoms with E-state index in [2.05, 4.69) is 4.90 Å². The number of nitrogens with zero attached hydrogens (tertiary/aromatic N) is 1. The Kier molecular flexibility index (Phi) is 4.32. The van der Waals surface area contributed by atoms with Gasteiger partial charge in [0.25, 0.3) is 0 Å². The Morgan fingerprint density at radius 3 is 2.86 bits per heavy atom. The summed E-state index contributed by atoms with van der Waals surface area (Å²) in [5.41, 5.74) is 0. The third kappa shape index (κ3) is 2.94. The van der Waals surface area contributed by atoms with Gasteiger partial charge in [-0.2, -0.15) is 0 Å². The zero-order valence-corrected chi connectivity index (χ0v) is 8.58. The fourth-order valence-electron chi connectivity index (χ4n) is 2.04. The molecular formula is C10H18FNO2. The van der Waals surface area contributed by atoms with Crippen molar-refractivity contribution in [3.8, 4) is 0 Å². The Balaban J connectivity index is 2.35. The van der Waals surface area contributed by atoms with Crippen LogP contribution in [0.4, 0.5) is 4.39 Å². The van der Waals surface area contributed by atoms with Gasteiger partial charge in [0, 0.05) is 12.6 Å². The van der Waals surface area contributed by atoms with Crippen LogP contribution in [0.1, 0.15) is 26.2 Å². The molecule has 3 nitrogen and oxygen atoms in total. The van der Waals surface area contributed by atoms with Gasteiger partial charge in [0.2, 0.25) is 0 Å². The SMILES string of the molecule is CC1CC(C(=O)O)CCN1CCCF. The van der Waals surface area contributed by atoms with Crippen molar-refractivity contribution >= 4 is 5.97 Å². The first-order valence-electron chi connectivity index (χ1n) is 5.18. The lowest BCUT2D eigenvalue weighted by Crippen LogP contribution is -2.43. The van der Waals surface area contributed by atoms with Crippen molar-refractivity contribution in [2.75, 3.05) is 19.8 Å². The van der Waals surface area contributed by atoms with Crippen LogP contribution in [0.5, 0.6) is 0 Å². The summed E-state index contributed by atoms with van der Waals surface area (Å²) >= 11 is 0. The Labute approximate surface area is 83.9 Å². The van der Waals surface area contributed by atoms with Gasteiger partial charge in [-0.15, -0.1) is 0 Å². The topological polar surface area (TPSA) is 40.5 Å². The number of hydrogen-bond acceptors (Lipinski definition) is 2. The van der Waals surface area contributed by atoms with Gasteiger partial charge in [-0.3, -0.25) is 9.18 Å². The molecule has 1 rings (SSSR count). The number of alkyl halides is 1. The maximum absolute atomic E-state index is 12.0. The van der Waals surface area contributed by atoms with Crippen LogP contribution >= 0.6 is 0 Å². The first kappa shape index (κ1) is 11.4. The van der Waals surface area contributed by atoms with E-state index in [1.54, 1.807) is 0 Å². The van der Waals surface area contributed by atoms with E-state index >= 15 is 0 Å². The smallest absolute Gasteiger partial charge is 0.306 e. The van der Waals surface area contributed by atoms with E-state index in [-0.39, 0.29) is 18.6 Å². The molecule has 82 valence electrons. The molecule has 2 unspecified atom stereocenters. The third-order valence-electron chi connectivity index (χ3n) is 2.94. The molecule has 2 atom stereocenters. The van der Waals surface area contributed by atoms with Crippen LogP contribution in [-0.4, -0.2) is 41.8 Å². The number of likely N-dealkylation sites (tertiary alicyclic amines) is 1. The Hall–Kier alpha value is -0.640. The van der Waals surface area contributed by atoms with Gasteiger partial charge in [-0.1, -0.05) is 0 Å². The zero-order valence-electron chi connectivity index (χ0n) is 8.58. The Bertz CT molecular complexity index is 199. The second-order valence-electron chi connectivity index (χ2n) is 3.99. The van der Waals surface area contributed by atoms with Gasteiger partial charge >= 0.3 is 5.97 Å². The average molecular weight is 203 g/mol. The predicted octanol–water partition coefficient (Wildman–Crippen LogP) is 1.53. The minimum atomic E-state index is -0.693. The van der Waals surface area contributed by atoms with Gasteiger partial charge in [-0.05, 0) is 32.7 Å². The average Bonchev–Trinajstić information content (AvgIpc) is 2.15. The number of rotatable bonds is 4. The van der Waals surface area contributed by atoms with Crippen LogP contribution in [0.25, 0.3) is 0 Å². The normalized spacial score (nSPS) is 29.0. The quantitative estimate of drug-likeness (QED) is 0.753. The number of aliphatic carboxylic acids is 1. The first-order chi connectivity index (χ1) is 6.65. The lowest BCUT2D eigenvalue weighted by Gasteiger charge is -2.35. The maximum atomic E-state index is 12.0. The molecule has 0 aromatic rings. The molecule has 0 spiro atoms. The zero-order chi connectivity index (χ0) is 10.6. The molecule has 1 N–H and O–H groups in total. The lowest BCUT2D eigenvalue weighted by atomic mass is 9.92. The molecule has 0 amide bonds. The predicted molar refractivity (Wildman–Crippen MR) is 52.0 cm³/mol. The van der Waals surface area contributed by atoms with Crippen LogP contribution < -0.4 is 0 Å². The highest BCUT2D eigenvalue weighted by Crippen LogP contribution is 2.22. The van der Waals surface area contributed by atoms with Gasteiger partial charge in [0.1, 0.15) is 0 Å². The molecule has 14 heavy (non-hydrogen) atoms. The van der Waals surface area contributed by atoms with Gasteiger partial charge in [0.05, 0.1) is 12.6 Å². The molecule has 1 saturated heterocycles. The highest BCUT2D eigenvalue weighted by atomic mass is 19.1. The highest BCUT2D eigenvalue weighted by molar-refractivity contribution is 5.70. The molecule has 0 radical (unpaired) electrons. The molecule has 1 aliphatic rings. The second-order valence-corrected chi connectivity index (χ2v) is 3.99. The molecule has 0 aromatic carbocycles. The monoisotopic (exact) mass is 203 g/mol. The number of carboxylic acids is 1. The summed E-state index contributed by atoms with van der Waals surface area (Å²) in [6, 6.07) is 0.274.